The molecule has 12 heteroatoms. The first kappa shape index (κ1) is 47.0. The molecular formula is C53H62N2O10. The van der Waals surface area contributed by atoms with Crippen molar-refractivity contribution >= 4 is 18.1 Å². The molecule has 0 bridgehead atoms. The molecule has 7 rings (SSSR count). The Morgan fingerprint density at radius 2 is 1.60 bits per heavy atom. The summed E-state index contributed by atoms with van der Waals surface area (Å²) in [6, 6.07) is 29.6. The molecule has 3 aliphatic rings. The monoisotopic (exact) mass is 886 g/mol. The number of methoxy groups -OCH3 is 1. The molecule has 1 saturated carbocycles. The second kappa shape index (κ2) is 22.8. The summed E-state index contributed by atoms with van der Waals surface area (Å²) < 4.78 is 32.4. The van der Waals surface area contributed by atoms with E-state index < -0.39 is 23.8 Å². The fraction of sp³-hybridized carbons (Fsp3) is 0.415. The molecule has 12 nitrogen and oxygen atoms in total. The first-order valence-corrected chi connectivity index (χ1v) is 22.9. The summed E-state index contributed by atoms with van der Waals surface area (Å²) in [7, 11) is 1.52. The predicted molar refractivity (Wildman–Crippen MR) is 248 cm³/mol. The van der Waals surface area contributed by atoms with Crippen molar-refractivity contribution in [1.82, 2.24) is 4.90 Å². The molecule has 1 heterocycles. The molecule has 0 saturated heterocycles. The second-order valence-electron chi connectivity index (χ2n) is 16.9. The number of hydrogen-bond acceptors (Lipinski definition) is 11. The molecule has 2 aliphatic carbocycles. The molecule has 4 aromatic rings. The van der Waals surface area contributed by atoms with Crippen LogP contribution in [0.4, 0.5) is 4.79 Å². The van der Waals surface area contributed by atoms with Crippen LogP contribution in [0.1, 0.15) is 91.3 Å². The zero-order valence-corrected chi connectivity index (χ0v) is 37.5. The van der Waals surface area contributed by atoms with Crippen LogP contribution in [-0.4, -0.2) is 78.5 Å². The van der Waals surface area contributed by atoms with Crippen LogP contribution < -0.4 is 14.2 Å². The third kappa shape index (κ3) is 10.8. The summed E-state index contributed by atoms with van der Waals surface area (Å²) >= 11 is 0. The molecule has 1 aliphatic heterocycles. The van der Waals surface area contributed by atoms with Gasteiger partial charge in [0.15, 0.2) is 6.29 Å². The first-order valence-electron chi connectivity index (χ1n) is 22.9. The SMILES string of the molecule is C=CCOC12Oc3ccc(Oc4ccc(OC)c(C=O)c4)cc3C3C(CCCCO)C(CCCCO)C=C(C(=NOCc4ccccc4)CC1N(CCC)C(=O)OCc1ccccc1)C32. The van der Waals surface area contributed by atoms with E-state index in [0.29, 0.717) is 60.1 Å². The lowest BCUT2D eigenvalue weighted by Crippen LogP contribution is -2.70. The van der Waals surface area contributed by atoms with Gasteiger partial charge < -0.3 is 38.7 Å². The lowest BCUT2D eigenvalue weighted by Gasteiger charge is -2.59. The van der Waals surface area contributed by atoms with E-state index in [1.165, 1.54) is 7.11 Å². The van der Waals surface area contributed by atoms with Gasteiger partial charge in [-0.15, -0.1) is 6.58 Å². The smallest absolute Gasteiger partial charge is 0.410 e. The number of oxime groups is 1. The van der Waals surface area contributed by atoms with E-state index in [4.69, 9.17) is 33.7 Å². The Balaban J connectivity index is 1.41. The van der Waals surface area contributed by atoms with Crippen molar-refractivity contribution in [3.63, 3.8) is 0 Å². The molecule has 1 amide bonds. The summed E-state index contributed by atoms with van der Waals surface area (Å²) in [5.74, 6) is -0.133. The molecule has 6 atom stereocenters. The zero-order valence-electron chi connectivity index (χ0n) is 37.5. The van der Waals surface area contributed by atoms with E-state index in [1.54, 1.807) is 29.2 Å². The summed E-state index contributed by atoms with van der Waals surface area (Å²) in [4.78, 5) is 34.6. The van der Waals surface area contributed by atoms with E-state index in [0.717, 1.165) is 54.2 Å². The number of carbonyl (C=O) groups is 2. The third-order valence-corrected chi connectivity index (χ3v) is 12.7. The van der Waals surface area contributed by atoms with Gasteiger partial charge in [-0.25, -0.2) is 4.79 Å². The summed E-state index contributed by atoms with van der Waals surface area (Å²) in [6.07, 6.45) is 9.58. The summed E-state index contributed by atoms with van der Waals surface area (Å²) in [5.41, 5.74) is 4.71. The van der Waals surface area contributed by atoms with Crippen molar-refractivity contribution in [2.75, 3.05) is 33.5 Å². The minimum atomic E-state index is -1.44. The minimum Gasteiger partial charge on any atom is -0.496 e. The van der Waals surface area contributed by atoms with E-state index in [-0.39, 0.29) is 57.2 Å². The van der Waals surface area contributed by atoms with Crippen molar-refractivity contribution in [2.24, 2.45) is 22.9 Å². The van der Waals surface area contributed by atoms with Crippen LogP contribution in [0, 0.1) is 17.8 Å². The van der Waals surface area contributed by atoms with Gasteiger partial charge in [0.05, 0.1) is 30.9 Å². The second-order valence-corrected chi connectivity index (χ2v) is 16.9. The first-order chi connectivity index (χ1) is 31.9. The topological polar surface area (TPSA) is 146 Å². The number of aldehydes is 1. The van der Waals surface area contributed by atoms with Crippen LogP contribution in [-0.2, 0) is 27.5 Å². The molecule has 0 radical (unpaired) electrons. The molecule has 2 N–H and O–H groups in total. The average molecular weight is 887 g/mol. The third-order valence-electron chi connectivity index (χ3n) is 12.7. The molecule has 1 fully saturated rings. The Morgan fingerprint density at radius 3 is 2.28 bits per heavy atom. The Labute approximate surface area is 382 Å². The number of carbonyl (C=O) groups excluding carboxylic acids is 2. The van der Waals surface area contributed by atoms with Crippen molar-refractivity contribution in [1.29, 1.82) is 0 Å². The van der Waals surface area contributed by atoms with Crippen LogP contribution in [0.2, 0.25) is 0 Å². The maximum absolute atomic E-state index is 14.6. The Kier molecular flexibility index (Phi) is 16.5. The summed E-state index contributed by atoms with van der Waals surface area (Å²) in [5, 5.41) is 24.9. The number of unbranched alkanes of at least 4 members (excludes halogenated alkanes) is 2. The van der Waals surface area contributed by atoms with Crippen LogP contribution >= 0.6 is 0 Å². The number of aliphatic hydroxyl groups excluding tert-OH is 2. The molecule has 4 aromatic carbocycles. The van der Waals surface area contributed by atoms with E-state index in [9.17, 15) is 19.8 Å². The van der Waals surface area contributed by atoms with Gasteiger partial charge in [0.25, 0.3) is 0 Å². The van der Waals surface area contributed by atoms with Crippen LogP contribution in [0.25, 0.3) is 0 Å². The van der Waals surface area contributed by atoms with Gasteiger partial charge in [0.2, 0.25) is 5.79 Å². The van der Waals surface area contributed by atoms with Gasteiger partial charge in [0.1, 0.15) is 42.3 Å². The maximum atomic E-state index is 14.6. The Morgan fingerprint density at radius 1 is 0.908 bits per heavy atom. The lowest BCUT2D eigenvalue weighted by molar-refractivity contribution is -0.255. The number of nitrogens with zero attached hydrogens (tertiary/aromatic N) is 2. The van der Waals surface area contributed by atoms with Crippen molar-refractivity contribution in [3.05, 3.63) is 144 Å². The highest BCUT2D eigenvalue weighted by atomic mass is 16.7. The highest BCUT2D eigenvalue weighted by Gasteiger charge is 2.65. The highest BCUT2D eigenvalue weighted by Crippen LogP contribution is 2.62. The largest absolute Gasteiger partial charge is 0.496 e. The number of aliphatic hydroxyl groups is 2. The van der Waals surface area contributed by atoms with Crippen LogP contribution in [0.3, 0.4) is 0 Å². The number of rotatable bonds is 23. The van der Waals surface area contributed by atoms with Gasteiger partial charge in [-0.3, -0.25) is 9.69 Å². The quantitative estimate of drug-likeness (QED) is 0.0319. The molecule has 0 spiro atoms. The fourth-order valence-corrected chi connectivity index (χ4v) is 9.89. The lowest BCUT2D eigenvalue weighted by atomic mass is 9.55. The van der Waals surface area contributed by atoms with Crippen molar-refractivity contribution < 1.29 is 48.3 Å². The fourth-order valence-electron chi connectivity index (χ4n) is 9.89. The zero-order chi connectivity index (χ0) is 45.6. The minimum absolute atomic E-state index is 0.0103. The average Bonchev–Trinajstić information content (AvgIpc) is 3.34. The Hall–Kier alpha value is -5.95. The van der Waals surface area contributed by atoms with Crippen molar-refractivity contribution in [3.8, 4) is 23.0 Å². The van der Waals surface area contributed by atoms with Gasteiger partial charge in [-0.1, -0.05) is 97.7 Å². The number of fused-ring (bicyclic) bond motifs is 2. The molecule has 6 unspecified atom stereocenters. The standard InChI is InChI=1S/C53H62N2O10/c1-4-26-55(52(59)61-35-37-16-8-6-9-17-37)49-33-46(54-63-36-38-18-10-7-11-19-38)44-31-39(20-12-14-27-56)43(21-13-15-28-57)50-45-32-42(64-41-22-24-47(60-3)40(30-41)34-58)23-25-48(45)65-53(49,51(44)50)62-29-5-2/h5-11,16-19,22-25,30-32,34,39,43,49-51,56-57H,2,4,12-15,20-21,26-29,33,35-36H2,1,3H3. The van der Waals surface area contributed by atoms with Gasteiger partial charge in [-0.05, 0) is 97.0 Å². The number of benzene rings is 4. The van der Waals surface area contributed by atoms with Crippen LogP contribution in [0.15, 0.2) is 127 Å². The predicted octanol–water partition coefficient (Wildman–Crippen LogP) is 10.2. The van der Waals surface area contributed by atoms with Crippen molar-refractivity contribution in [2.45, 2.75) is 89.3 Å². The van der Waals surface area contributed by atoms with Gasteiger partial charge >= 0.3 is 6.09 Å². The molecular weight excluding hydrogens is 825 g/mol. The maximum Gasteiger partial charge on any atom is 0.410 e. The van der Waals surface area contributed by atoms with Gasteiger partial charge in [-0.2, -0.15) is 0 Å². The molecule has 65 heavy (non-hydrogen) atoms. The Bertz CT molecular complexity index is 2270. The molecule has 0 aromatic heterocycles. The summed E-state index contributed by atoms with van der Waals surface area (Å²) in [6.45, 7) is 7.04. The number of ether oxygens (including phenoxy) is 5. The van der Waals surface area contributed by atoms with Gasteiger partial charge in [0, 0.05) is 37.7 Å². The van der Waals surface area contributed by atoms with E-state index in [2.05, 4.69) is 12.7 Å². The van der Waals surface area contributed by atoms with E-state index in [1.807, 2.05) is 85.8 Å². The van der Waals surface area contributed by atoms with E-state index >= 15 is 0 Å². The highest BCUT2D eigenvalue weighted by molar-refractivity contribution is 6.03. The number of hydrogen-bond donors (Lipinski definition) is 2. The van der Waals surface area contributed by atoms with Crippen LogP contribution in [0.5, 0.6) is 23.0 Å². The normalized spacial score (nSPS) is 22.4. The number of allylic oxidation sites excluding steroid dienone is 1. The molecule has 344 valence electrons. The number of amides is 1.